The summed E-state index contributed by atoms with van der Waals surface area (Å²) in [5.41, 5.74) is 3.66. The van der Waals surface area contributed by atoms with Crippen LogP contribution in [0.25, 0.3) is 16.9 Å². The number of rotatable bonds is 4. The van der Waals surface area contributed by atoms with E-state index < -0.39 is 0 Å². The Hall–Kier alpha value is -2.55. The minimum absolute atomic E-state index is 0.235. The number of hydrogen-bond donors (Lipinski definition) is 1. The lowest BCUT2D eigenvalue weighted by atomic mass is 9.99. The Kier molecular flexibility index (Phi) is 3.96. The molecule has 1 aromatic heterocycles. The molecular formula is C19H20N2O. The van der Waals surface area contributed by atoms with Crippen molar-refractivity contribution in [2.45, 2.75) is 20.3 Å². The summed E-state index contributed by atoms with van der Waals surface area (Å²) >= 11 is 0. The van der Waals surface area contributed by atoms with Crippen molar-refractivity contribution in [1.82, 2.24) is 9.78 Å². The Balaban J connectivity index is 2.16. The first kappa shape index (κ1) is 14.4. The standard InChI is InChI=1S/C19H20N2O/c1-14(2)13-17-18(15-9-5-3-6-10-15)20-21(19(17)22)16-11-7-4-8-12-16/h3-12,14,22H,13H2,1-2H3. The molecule has 0 unspecified atom stereocenters. The molecule has 0 saturated heterocycles. The van der Waals surface area contributed by atoms with Gasteiger partial charge in [0.25, 0.3) is 0 Å². The topological polar surface area (TPSA) is 38.0 Å². The van der Waals surface area contributed by atoms with Crippen LogP contribution in [0.5, 0.6) is 5.88 Å². The molecule has 0 aliphatic heterocycles. The number of nitrogens with zero attached hydrogens (tertiary/aromatic N) is 2. The predicted octanol–water partition coefficient (Wildman–Crippen LogP) is 4.44. The van der Waals surface area contributed by atoms with Crippen LogP contribution in [0.15, 0.2) is 60.7 Å². The molecule has 112 valence electrons. The molecule has 0 radical (unpaired) electrons. The fraction of sp³-hybridized carbons (Fsp3) is 0.211. The summed E-state index contributed by atoms with van der Waals surface area (Å²) in [6.45, 7) is 4.29. The highest BCUT2D eigenvalue weighted by atomic mass is 16.3. The molecule has 0 aliphatic rings. The van der Waals surface area contributed by atoms with E-state index in [1.54, 1.807) is 4.68 Å². The lowest BCUT2D eigenvalue weighted by molar-refractivity contribution is 0.424. The Bertz CT molecular complexity index is 746. The summed E-state index contributed by atoms with van der Waals surface area (Å²) in [6.07, 6.45) is 0.795. The Morgan fingerprint density at radius 3 is 2.14 bits per heavy atom. The molecule has 1 N–H and O–H groups in total. The zero-order chi connectivity index (χ0) is 15.5. The van der Waals surface area contributed by atoms with Gasteiger partial charge in [-0.2, -0.15) is 5.10 Å². The molecule has 0 fully saturated rings. The van der Waals surface area contributed by atoms with E-state index in [2.05, 4.69) is 18.9 Å². The van der Waals surface area contributed by atoms with Crippen LogP contribution < -0.4 is 0 Å². The smallest absolute Gasteiger partial charge is 0.218 e. The lowest BCUT2D eigenvalue weighted by Crippen LogP contribution is -1.96. The minimum atomic E-state index is 0.235. The van der Waals surface area contributed by atoms with E-state index in [9.17, 15) is 5.11 Å². The molecule has 1 heterocycles. The van der Waals surface area contributed by atoms with Gasteiger partial charge in [0, 0.05) is 11.1 Å². The van der Waals surface area contributed by atoms with Gasteiger partial charge < -0.3 is 5.11 Å². The van der Waals surface area contributed by atoms with Gasteiger partial charge in [0.1, 0.15) is 0 Å². The van der Waals surface area contributed by atoms with Gasteiger partial charge in [-0.05, 0) is 24.5 Å². The molecule has 0 atom stereocenters. The van der Waals surface area contributed by atoms with Crippen LogP contribution >= 0.6 is 0 Å². The molecule has 3 heteroatoms. The molecule has 0 saturated carbocycles. The Labute approximate surface area is 130 Å². The van der Waals surface area contributed by atoms with Gasteiger partial charge in [0.2, 0.25) is 5.88 Å². The number of benzene rings is 2. The molecule has 3 aromatic rings. The highest BCUT2D eigenvalue weighted by Crippen LogP contribution is 2.33. The van der Waals surface area contributed by atoms with Crippen molar-refractivity contribution in [2.24, 2.45) is 5.92 Å². The van der Waals surface area contributed by atoms with Crippen LogP contribution in [0.2, 0.25) is 0 Å². The molecule has 0 amide bonds. The average Bonchev–Trinajstić information content (AvgIpc) is 2.86. The fourth-order valence-corrected chi connectivity index (χ4v) is 2.61. The van der Waals surface area contributed by atoms with Crippen molar-refractivity contribution < 1.29 is 5.11 Å². The largest absolute Gasteiger partial charge is 0.493 e. The first-order valence-corrected chi connectivity index (χ1v) is 7.58. The van der Waals surface area contributed by atoms with Crippen molar-refractivity contribution in [3.63, 3.8) is 0 Å². The fourth-order valence-electron chi connectivity index (χ4n) is 2.61. The quantitative estimate of drug-likeness (QED) is 0.771. The van der Waals surface area contributed by atoms with Gasteiger partial charge in [0.05, 0.1) is 11.4 Å². The second-order valence-corrected chi connectivity index (χ2v) is 5.86. The summed E-state index contributed by atoms with van der Waals surface area (Å²) < 4.78 is 1.63. The van der Waals surface area contributed by atoms with Crippen molar-refractivity contribution in [3.05, 3.63) is 66.2 Å². The highest BCUT2D eigenvalue weighted by Gasteiger charge is 2.20. The van der Waals surface area contributed by atoms with E-state index in [-0.39, 0.29) is 5.88 Å². The zero-order valence-electron chi connectivity index (χ0n) is 12.9. The summed E-state index contributed by atoms with van der Waals surface area (Å²) in [4.78, 5) is 0. The van der Waals surface area contributed by atoms with Crippen LogP contribution in [0.1, 0.15) is 19.4 Å². The van der Waals surface area contributed by atoms with Crippen LogP contribution in [-0.2, 0) is 6.42 Å². The van der Waals surface area contributed by atoms with Gasteiger partial charge in [-0.15, -0.1) is 0 Å². The molecule has 0 spiro atoms. The first-order valence-electron chi connectivity index (χ1n) is 7.58. The maximum absolute atomic E-state index is 10.7. The minimum Gasteiger partial charge on any atom is -0.493 e. The van der Waals surface area contributed by atoms with E-state index in [0.717, 1.165) is 28.9 Å². The molecule has 3 nitrogen and oxygen atoms in total. The maximum atomic E-state index is 10.7. The second kappa shape index (κ2) is 6.06. The number of para-hydroxylation sites is 1. The number of hydrogen-bond acceptors (Lipinski definition) is 2. The van der Waals surface area contributed by atoms with Crippen LogP contribution in [0.3, 0.4) is 0 Å². The van der Waals surface area contributed by atoms with Crippen molar-refractivity contribution >= 4 is 0 Å². The summed E-state index contributed by atoms with van der Waals surface area (Å²) in [5, 5.41) is 15.3. The molecule has 2 aromatic carbocycles. The molecule has 0 aliphatic carbocycles. The van der Waals surface area contributed by atoms with Crippen molar-refractivity contribution in [2.75, 3.05) is 0 Å². The monoisotopic (exact) mass is 292 g/mol. The van der Waals surface area contributed by atoms with Crippen LogP contribution in [0, 0.1) is 5.92 Å². The van der Waals surface area contributed by atoms with E-state index in [1.807, 2.05) is 60.7 Å². The zero-order valence-corrected chi connectivity index (χ0v) is 12.9. The van der Waals surface area contributed by atoms with Crippen molar-refractivity contribution in [3.8, 4) is 22.8 Å². The van der Waals surface area contributed by atoms with Crippen LogP contribution in [-0.4, -0.2) is 14.9 Å². The van der Waals surface area contributed by atoms with Gasteiger partial charge >= 0.3 is 0 Å². The van der Waals surface area contributed by atoms with E-state index in [1.165, 1.54) is 0 Å². The number of aromatic nitrogens is 2. The van der Waals surface area contributed by atoms with E-state index >= 15 is 0 Å². The third-order valence-corrected chi connectivity index (χ3v) is 3.62. The van der Waals surface area contributed by atoms with Gasteiger partial charge in [0.15, 0.2) is 0 Å². The third kappa shape index (κ3) is 2.75. The van der Waals surface area contributed by atoms with Crippen LogP contribution in [0.4, 0.5) is 0 Å². The Morgan fingerprint density at radius 1 is 0.955 bits per heavy atom. The maximum Gasteiger partial charge on any atom is 0.218 e. The van der Waals surface area contributed by atoms with E-state index in [4.69, 9.17) is 0 Å². The van der Waals surface area contributed by atoms with Gasteiger partial charge in [-0.25, -0.2) is 4.68 Å². The molecule has 3 rings (SSSR count). The lowest BCUT2D eigenvalue weighted by Gasteiger charge is -2.06. The summed E-state index contributed by atoms with van der Waals surface area (Å²) in [6, 6.07) is 19.8. The normalized spacial score (nSPS) is 11.0. The summed E-state index contributed by atoms with van der Waals surface area (Å²) in [5.74, 6) is 0.681. The number of aromatic hydroxyl groups is 1. The van der Waals surface area contributed by atoms with Gasteiger partial charge in [-0.1, -0.05) is 62.4 Å². The van der Waals surface area contributed by atoms with E-state index in [0.29, 0.717) is 5.92 Å². The first-order chi connectivity index (χ1) is 10.7. The van der Waals surface area contributed by atoms with Gasteiger partial charge in [-0.3, -0.25) is 0 Å². The molecule has 0 bridgehead atoms. The third-order valence-electron chi connectivity index (χ3n) is 3.62. The average molecular weight is 292 g/mol. The highest BCUT2D eigenvalue weighted by molar-refractivity contribution is 5.66. The Morgan fingerprint density at radius 2 is 1.55 bits per heavy atom. The van der Waals surface area contributed by atoms with Crippen molar-refractivity contribution in [1.29, 1.82) is 0 Å². The molecule has 22 heavy (non-hydrogen) atoms. The second-order valence-electron chi connectivity index (χ2n) is 5.86. The predicted molar refractivity (Wildman–Crippen MR) is 89.2 cm³/mol. The SMILES string of the molecule is CC(C)Cc1c(-c2ccccc2)nn(-c2ccccc2)c1O. The summed E-state index contributed by atoms with van der Waals surface area (Å²) in [7, 11) is 0. The molecular weight excluding hydrogens is 272 g/mol.